The van der Waals surface area contributed by atoms with Crippen molar-refractivity contribution >= 4 is 25.8 Å². The molecule has 29 heavy (non-hydrogen) atoms. The summed E-state index contributed by atoms with van der Waals surface area (Å²) in [5.74, 6) is -0.809. The van der Waals surface area contributed by atoms with E-state index in [1.165, 1.54) is 14.2 Å². The molecule has 0 aliphatic heterocycles. The van der Waals surface area contributed by atoms with Crippen LogP contribution >= 0.6 is 0 Å². The lowest BCUT2D eigenvalue weighted by Gasteiger charge is -2.36. The summed E-state index contributed by atoms with van der Waals surface area (Å²) in [5.41, 5.74) is 2.59. The highest BCUT2D eigenvalue weighted by Crippen LogP contribution is 2.42. The molecule has 2 aromatic heterocycles. The molecule has 2 heterocycles. The highest BCUT2D eigenvalue weighted by Gasteiger charge is 2.38. The van der Waals surface area contributed by atoms with E-state index < -0.39 is 20.3 Å². The van der Waals surface area contributed by atoms with Crippen molar-refractivity contribution in [2.24, 2.45) is 0 Å². The summed E-state index contributed by atoms with van der Waals surface area (Å²) in [5, 5.41) is 4.48. The van der Waals surface area contributed by atoms with E-state index in [1.54, 1.807) is 4.52 Å². The van der Waals surface area contributed by atoms with Crippen LogP contribution in [0, 0.1) is 0 Å². The molecule has 8 heteroatoms. The Morgan fingerprint density at radius 3 is 2.28 bits per heavy atom. The molecule has 0 spiro atoms. The molecule has 0 saturated heterocycles. The van der Waals surface area contributed by atoms with E-state index in [1.807, 2.05) is 6.07 Å². The largest absolute Gasteiger partial charge is 0.465 e. The lowest BCUT2D eigenvalue weighted by Crippen LogP contribution is -2.40. The zero-order valence-corrected chi connectivity index (χ0v) is 19.3. The second kappa shape index (κ2) is 7.57. The summed E-state index contributed by atoms with van der Waals surface area (Å²) in [7, 11) is 0.567. The zero-order valence-electron chi connectivity index (χ0n) is 18.3. The topological polar surface area (TPSA) is 79.1 Å². The summed E-state index contributed by atoms with van der Waals surface area (Å²) >= 11 is 0. The maximum absolute atomic E-state index is 12.5. The van der Waals surface area contributed by atoms with E-state index >= 15 is 0 Å². The van der Waals surface area contributed by atoms with Crippen LogP contribution in [0.25, 0.3) is 5.52 Å². The molecule has 1 fully saturated rings. The van der Waals surface area contributed by atoms with Gasteiger partial charge in [-0.25, -0.2) is 14.1 Å². The highest BCUT2D eigenvalue weighted by atomic mass is 28.4. The van der Waals surface area contributed by atoms with Crippen LogP contribution in [0.3, 0.4) is 0 Å². The average molecular weight is 419 g/mol. The van der Waals surface area contributed by atoms with Crippen LogP contribution in [0.15, 0.2) is 12.1 Å². The van der Waals surface area contributed by atoms with Gasteiger partial charge in [0.15, 0.2) is 14.0 Å². The molecule has 3 rings (SSSR count). The van der Waals surface area contributed by atoms with E-state index in [0.29, 0.717) is 18.0 Å². The molecule has 1 aliphatic rings. The number of aromatic nitrogens is 2. The van der Waals surface area contributed by atoms with Gasteiger partial charge >= 0.3 is 11.9 Å². The SMILES string of the molecule is COC(=O)c1nn2c(CO[Si](C)(C)C(C)(C)C)cc(C3CC3)cc2c1C(=O)OC. The highest BCUT2D eigenvalue weighted by molar-refractivity contribution is 6.74. The second-order valence-corrected chi connectivity index (χ2v) is 13.9. The third kappa shape index (κ3) is 4.09. The van der Waals surface area contributed by atoms with E-state index in [9.17, 15) is 9.59 Å². The van der Waals surface area contributed by atoms with Gasteiger partial charge in [-0.1, -0.05) is 20.8 Å². The summed E-state index contributed by atoms with van der Waals surface area (Å²) < 4.78 is 17.8. The van der Waals surface area contributed by atoms with Gasteiger partial charge in [-0.3, -0.25) is 0 Å². The Hall–Kier alpha value is -2.19. The van der Waals surface area contributed by atoms with Crippen LogP contribution in [0.1, 0.15) is 71.6 Å². The van der Waals surface area contributed by atoms with Crippen molar-refractivity contribution in [2.75, 3.05) is 14.2 Å². The van der Waals surface area contributed by atoms with Crippen molar-refractivity contribution in [3.05, 3.63) is 34.6 Å². The van der Waals surface area contributed by atoms with Gasteiger partial charge in [0.25, 0.3) is 0 Å². The molecular formula is C21H30N2O5Si. The molecule has 158 valence electrons. The Labute approximate surface area is 172 Å². The lowest BCUT2D eigenvalue weighted by atomic mass is 10.1. The number of fused-ring (bicyclic) bond motifs is 1. The number of carbonyl (C=O) groups is 2. The number of hydrogen-bond donors (Lipinski definition) is 0. The molecular weight excluding hydrogens is 388 g/mol. The number of pyridine rings is 1. The van der Waals surface area contributed by atoms with Gasteiger partial charge in [-0.15, -0.1) is 0 Å². The number of carbonyl (C=O) groups excluding carboxylic acids is 2. The van der Waals surface area contributed by atoms with E-state index in [2.05, 4.69) is 45.0 Å². The predicted molar refractivity (Wildman–Crippen MR) is 112 cm³/mol. The summed E-state index contributed by atoms with van der Waals surface area (Å²) in [6, 6.07) is 4.01. The minimum atomic E-state index is -1.99. The molecule has 0 radical (unpaired) electrons. The minimum absolute atomic E-state index is 0.0409. The van der Waals surface area contributed by atoms with Crippen molar-refractivity contribution in [1.82, 2.24) is 9.61 Å². The fourth-order valence-electron chi connectivity index (χ4n) is 3.01. The van der Waals surface area contributed by atoms with Crippen molar-refractivity contribution in [2.45, 2.75) is 64.3 Å². The number of nitrogens with zero attached hydrogens (tertiary/aromatic N) is 2. The third-order valence-electron chi connectivity index (χ3n) is 6.03. The quantitative estimate of drug-likeness (QED) is 0.514. The normalized spacial score (nSPS) is 14.9. The van der Waals surface area contributed by atoms with Gasteiger partial charge in [-0.2, -0.15) is 5.10 Å². The molecule has 1 aliphatic carbocycles. The van der Waals surface area contributed by atoms with Crippen molar-refractivity contribution in [3.8, 4) is 0 Å². The molecule has 2 aromatic rings. The van der Waals surface area contributed by atoms with Gasteiger partial charge in [0.1, 0.15) is 5.56 Å². The Bertz CT molecular complexity index is 954. The van der Waals surface area contributed by atoms with Gasteiger partial charge in [0.05, 0.1) is 32.0 Å². The molecule has 0 bridgehead atoms. The molecule has 0 unspecified atom stereocenters. The van der Waals surface area contributed by atoms with Crippen molar-refractivity contribution in [3.63, 3.8) is 0 Å². The maximum Gasteiger partial charge on any atom is 0.359 e. The number of hydrogen-bond acceptors (Lipinski definition) is 6. The summed E-state index contributed by atoms with van der Waals surface area (Å²) in [6.07, 6.45) is 2.23. The smallest absolute Gasteiger partial charge is 0.359 e. The Morgan fingerprint density at radius 2 is 1.76 bits per heavy atom. The molecule has 0 aromatic carbocycles. The van der Waals surface area contributed by atoms with Crippen LogP contribution in [-0.4, -0.2) is 44.1 Å². The van der Waals surface area contributed by atoms with Crippen LogP contribution in [0.2, 0.25) is 18.1 Å². The van der Waals surface area contributed by atoms with Crippen LogP contribution < -0.4 is 0 Å². The first kappa shape index (κ1) is 21.5. The Kier molecular flexibility index (Phi) is 5.61. The van der Waals surface area contributed by atoms with E-state index in [4.69, 9.17) is 13.9 Å². The molecule has 0 amide bonds. The summed E-state index contributed by atoms with van der Waals surface area (Å²) in [4.78, 5) is 24.8. The first-order valence-electron chi connectivity index (χ1n) is 9.86. The molecule has 0 atom stereocenters. The van der Waals surface area contributed by atoms with Crippen molar-refractivity contribution in [1.29, 1.82) is 0 Å². The average Bonchev–Trinajstić information content (AvgIpc) is 3.44. The first-order valence-corrected chi connectivity index (χ1v) is 12.8. The van der Waals surface area contributed by atoms with Gasteiger partial charge in [-0.05, 0) is 54.6 Å². The minimum Gasteiger partial charge on any atom is -0.465 e. The molecule has 0 N–H and O–H groups in total. The number of rotatable bonds is 6. The standard InChI is InChI=1S/C21H30N2O5Si/c1-21(2,3)29(6,7)28-12-15-10-14(13-8-9-13)11-16-17(19(24)26-4)18(20(25)27-5)22-23(15)16/h10-11,13H,8-9,12H2,1-7H3. The summed E-state index contributed by atoms with van der Waals surface area (Å²) in [6.45, 7) is 11.3. The van der Waals surface area contributed by atoms with Gasteiger partial charge < -0.3 is 13.9 Å². The second-order valence-electron chi connectivity index (χ2n) is 9.11. The molecule has 1 saturated carbocycles. The maximum atomic E-state index is 12.5. The van der Waals surface area contributed by atoms with Crippen molar-refractivity contribution < 1.29 is 23.5 Å². The Morgan fingerprint density at radius 1 is 1.14 bits per heavy atom. The fraction of sp³-hybridized carbons (Fsp3) is 0.571. The van der Waals surface area contributed by atoms with Crippen LogP contribution in [-0.2, 0) is 20.5 Å². The molecule has 7 nitrogen and oxygen atoms in total. The Balaban J connectivity index is 2.15. The van der Waals surface area contributed by atoms with Crippen LogP contribution in [0.5, 0.6) is 0 Å². The van der Waals surface area contributed by atoms with Gasteiger partial charge in [0, 0.05) is 0 Å². The van der Waals surface area contributed by atoms with E-state index in [-0.39, 0.29) is 16.3 Å². The number of ether oxygens (including phenoxy) is 2. The van der Waals surface area contributed by atoms with Crippen LogP contribution in [0.4, 0.5) is 0 Å². The monoisotopic (exact) mass is 418 g/mol. The van der Waals surface area contributed by atoms with Gasteiger partial charge in [0.2, 0.25) is 0 Å². The lowest BCUT2D eigenvalue weighted by molar-refractivity contribution is 0.0553. The number of esters is 2. The van der Waals surface area contributed by atoms with E-state index in [0.717, 1.165) is 24.1 Å². The number of methoxy groups -OCH3 is 2. The first-order chi connectivity index (χ1) is 13.5. The third-order valence-corrected chi connectivity index (χ3v) is 10.5. The fourth-order valence-corrected chi connectivity index (χ4v) is 3.95. The predicted octanol–water partition coefficient (Wildman–Crippen LogP) is 4.31. The zero-order chi connectivity index (χ0) is 21.6.